The third kappa shape index (κ3) is 4.82. The van der Waals surface area contributed by atoms with Gasteiger partial charge in [-0.15, -0.1) is 0 Å². The minimum absolute atomic E-state index is 0.0989. The van der Waals surface area contributed by atoms with E-state index < -0.39 is 0 Å². The summed E-state index contributed by atoms with van der Waals surface area (Å²) in [7, 11) is 1.61. The summed E-state index contributed by atoms with van der Waals surface area (Å²) in [5, 5.41) is 3.07. The third-order valence-electron chi connectivity index (χ3n) is 5.99. The zero-order valence-electron chi connectivity index (χ0n) is 16.6. The van der Waals surface area contributed by atoms with Crippen molar-refractivity contribution in [2.45, 2.75) is 64.7 Å². The largest absolute Gasteiger partial charge is 0.495 e. The molecule has 0 bridgehead atoms. The minimum atomic E-state index is 0.0989. The van der Waals surface area contributed by atoms with Gasteiger partial charge >= 0.3 is 0 Å². The fourth-order valence-corrected chi connectivity index (χ4v) is 4.33. The second-order valence-electron chi connectivity index (χ2n) is 7.88. The second-order valence-corrected chi connectivity index (χ2v) is 7.88. The molecule has 5 nitrogen and oxygen atoms in total. The van der Waals surface area contributed by atoms with E-state index >= 15 is 0 Å². The number of carbonyl (C=O) groups excluding carboxylic acids is 2. The number of amides is 2. The lowest BCUT2D eigenvalue weighted by Crippen LogP contribution is -2.28. The first-order valence-electron chi connectivity index (χ1n) is 10.4. The van der Waals surface area contributed by atoms with Gasteiger partial charge < -0.3 is 15.0 Å². The summed E-state index contributed by atoms with van der Waals surface area (Å²) >= 11 is 0. The Morgan fingerprint density at radius 2 is 2.04 bits per heavy atom. The molecule has 3 rings (SSSR count). The van der Waals surface area contributed by atoms with Crippen LogP contribution in [0.4, 0.5) is 11.4 Å². The van der Waals surface area contributed by atoms with Crippen molar-refractivity contribution in [2.24, 2.45) is 11.8 Å². The monoisotopic (exact) mass is 372 g/mol. The molecule has 1 aliphatic heterocycles. The Bertz CT molecular complexity index is 666. The molecular formula is C22H32N2O3. The Labute approximate surface area is 162 Å². The van der Waals surface area contributed by atoms with Gasteiger partial charge in [-0.3, -0.25) is 9.59 Å². The normalized spacial score (nSPS) is 22.7. The molecule has 27 heavy (non-hydrogen) atoms. The van der Waals surface area contributed by atoms with E-state index in [1.807, 2.05) is 18.2 Å². The Morgan fingerprint density at radius 1 is 1.26 bits per heavy atom. The quantitative estimate of drug-likeness (QED) is 0.751. The molecule has 2 aliphatic rings. The number of carbonyl (C=O) groups is 2. The molecule has 2 fully saturated rings. The van der Waals surface area contributed by atoms with Crippen molar-refractivity contribution >= 4 is 23.2 Å². The highest BCUT2D eigenvalue weighted by molar-refractivity contribution is 5.98. The molecule has 2 amide bonds. The molecule has 5 heteroatoms. The number of nitrogens with one attached hydrogen (secondary N) is 1. The second kappa shape index (κ2) is 9.25. The maximum atomic E-state index is 12.7. The van der Waals surface area contributed by atoms with E-state index in [0.717, 1.165) is 49.4 Å². The summed E-state index contributed by atoms with van der Waals surface area (Å²) in [5.74, 6) is 1.78. The Kier molecular flexibility index (Phi) is 6.75. The lowest BCUT2D eigenvalue weighted by molar-refractivity contribution is -0.121. The summed E-state index contributed by atoms with van der Waals surface area (Å²) < 4.78 is 5.42. The van der Waals surface area contributed by atoms with E-state index in [9.17, 15) is 9.59 Å². The molecule has 0 aromatic heterocycles. The van der Waals surface area contributed by atoms with Gasteiger partial charge in [0.25, 0.3) is 0 Å². The highest BCUT2D eigenvalue weighted by atomic mass is 16.5. The predicted molar refractivity (Wildman–Crippen MR) is 108 cm³/mol. The third-order valence-corrected chi connectivity index (χ3v) is 5.99. The molecule has 1 heterocycles. The average molecular weight is 373 g/mol. The van der Waals surface area contributed by atoms with Crippen LogP contribution in [-0.4, -0.2) is 25.5 Å². The van der Waals surface area contributed by atoms with Gasteiger partial charge in [-0.2, -0.15) is 0 Å². The molecule has 1 aromatic carbocycles. The van der Waals surface area contributed by atoms with Gasteiger partial charge in [0.1, 0.15) is 5.75 Å². The molecule has 0 atom stereocenters. The first kappa shape index (κ1) is 19.7. The standard InChI is InChI=1S/C22H32N2O3/c1-3-4-6-16-8-10-17(11-9-16)22(26)23-18-12-13-20(27-2)19(15-18)24-14-5-7-21(24)25/h12-13,15-17H,3-11,14H2,1-2H3,(H,23,26). The number of nitrogens with zero attached hydrogens (tertiary/aromatic N) is 1. The Balaban J connectivity index is 1.62. The van der Waals surface area contributed by atoms with Crippen molar-refractivity contribution in [3.63, 3.8) is 0 Å². The fraction of sp³-hybridized carbons (Fsp3) is 0.636. The summed E-state index contributed by atoms with van der Waals surface area (Å²) in [5.41, 5.74) is 1.49. The van der Waals surface area contributed by atoms with Crippen LogP contribution >= 0.6 is 0 Å². The van der Waals surface area contributed by atoms with Crippen LogP contribution in [0.1, 0.15) is 64.7 Å². The van der Waals surface area contributed by atoms with Crippen LogP contribution in [0.15, 0.2) is 18.2 Å². The predicted octanol–water partition coefficient (Wildman–Crippen LogP) is 4.76. The van der Waals surface area contributed by atoms with E-state index in [0.29, 0.717) is 18.7 Å². The molecule has 1 saturated carbocycles. The van der Waals surface area contributed by atoms with Crippen LogP contribution in [0.25, 0.3) is 0 Å². The maximum absolute atomic E-state index is 12.7. The molecular weight excluding hydrogens is 340 g/mol. The highest BCUT2D eigenvalue weighted by Gasteiger charge is 2.27. The SMILES string of the molecule is CCCCC1CCC(C(=O)Nc2ccc(OC)c(N3CCCC3=O)c2)CC1. The topological polar surface area (TPSA) is 58.6 Å². The zero-order valence-corrected chi connectivity index (χ0v) is 16.6. The van der Waals surface area contributed by atoms with E-state index in [1.54, 1.807) is 12.0 Å². The molecule has 0 radical (unpaired) electrons. The van der Waals surface area contributed by atoms with Gasteiger partial charge in [0, 0.05) is 24.6 Å². The first-order chi connectivity index (χ1) is 13.1. The number of rotatable bonds is 7. The lowest BCUT2D eigenvalue weighted by atomic mass is 9.79. The summed E-state index contributed by atoms with van der Waals surface area (Å²) in [6, 6.07) is 5.55. The first-order valence-corrected chi connectivity index (χ1v) is 10.4. The smallest absolute Gasteiger partial charge is 0.227 e. The van der Waals surface area contributed by atoms with Crippen molar-refractivity contribution in [2.75, 3.05) is 23.9 Å². The zero-order chi connectivity index (χ0) is 19.2. The van der Waals surface area contributed by atoms with Crippen molar-refractivity contribution < 1.29 is 14.3 Å². The number of anilines is 2. The summed E-state index contributed by atoms with van der Waals surface area (Å²) in [4.78, 5) is 26.6. The van der Waals surface area contributed by atoms with Crippen LogP contribution in [0.5, 0.6) is 5.75 Å². The van der Waals surface area contributed by atoms with E-state index in [2.05, 4.69) is 12.2 Å². The van der Waals surface area contributed by atoms with Gasteiger partial charge in [-0.25, -0.2) is 0 Å². The number of ether oxygens (including phenoxy) is 1. The van der Waals surface area contributed by atoms with Gasteiger partial charge in [0.05, 0.1) is 12.8 Å². The van der Waals surface area contributed by atoms with Crippen molar-refractivity contribution in [3.05, 3.63) is 18.2 Å². The van der Waals surface area contributed by atoms with Crippen LogP contribution in [-0.2, 0) is 9.59 Å². The number of methoxy groups -OCH3 is 1. The molecule has 1 saturated heterocycles. The number of hydrogen-bond acceptors (Lipinski definition) is 3. The molecule has 148 valence electrons. The van der Waals surface area contributed by atoms with Gasteiger partial charge in [0.2, 0.25) is 11.8 Å². The molecule has 0 unspecified atom stereocenters. The average Bonchev–Trinajstić information content (AvgIpc) is 3.12. The molecule has 1 aliphatic carbocycles. The lowest BCUT2D eigenvalue weighted by Gasteiger charge is -2.28. The van der Waals surface area contributed by atoms with Crippen LogP contribution in [0.2, 0.25) is 0 Å². The number of benzene rings is 1. The number of hydrogen-bond donors (Lipinski definition) is 1. The van der Waals surface area contributed by atoms with Crippen LogP contribution in [0.3, 0.4) is 0 Å². The van der Waals surface area contributed by atoms with Crippen molar-refractivity contribution in [1.29, 1.82) is 0 Å². The fourth-order valence-electron chi connectivity index (χ4n) is 4.33. The van der Waals surface area contributed by atoms with Gasteiger partial charge in [-0.05, 0) is 56.2 Å². The molecule has 1 N–H and O–H groups in total. The summed E-state index contributed by atoms with van der Waals surface area (Å²) in [6.07, 6.45) is 9.56. The Morgan fingerprint density at radius 3 is 2.67 bits per heavy atom. The highest BCUT2D eigenvalue weighted by Crippen LogP contribution is 2.35. The Hall–Kier alpha value is -2.04. The van der Waals surface area contributed by atoms with Crippen LogP contribution in [0, 0.1) is 11.8 Å². The van der Waals surface area contributed by atoms with Gasteiger partial charge in [-0.1, -0.05) is 26.2 Å². The van der Waals surface area contributed by atoms with Crippen LogP contribution < -0.4 is 15.0 Å². The van der Waals surface area contributed by atoms with E-state index in [-0.39, 0.29) is 17.7 Å². The molecule has 1 aromatic rings. The van der Waals surface area contributed by atoms with E-state index in [4.69, 9.17) is 4.74 Å². The summed E-state index contributed by atoms with van der Waals surface area (Å²) in [6.45, 7) is 2.94. The number of unbranched alkanes of at least 4 members (excludes halogenated alkanes) is 1. The maximum Gasteiger partial charge on any atom is 0.227 e. The molecule has 0 spiro atoms. The van der Waals surface area contributed by atoms with Crippen molar-refractivity contribution in [3.8, 4) is 5.75 Å². The van der Waals surface area contributed by atoms with Gasteiger partial charge in [0.15, 0.2) is 0 Å². The van der Waals surface area contributed by atoms with Crippen molar-refractivity contribution in [1.82, 2.24) is 0 Å². The minimum Gasteiger partial charge on any atom is -0.495 e. The van der Waals surface area contributed by atoms with E-state index in [1.165, 1.54) is 19.3 Å².